The quantitative estimate of drug-likeness (QED) is 0.742. The predicted octanol–water partition coefficient (Wildman–Crippen LogP) is 3.96. The maximum absolute atomic E-state index is 12.5. The summed E-state index contributed by atoms with van der Waals surface area (Å²) in [7, 11) is -3.52. The van der Waals surface area contributed by atoms with Crippen LogP contribution in [0.2, 0.25) is 0 Å². The monoisotopic (exact) mass is 391 g/mol. The van der Waals surface area contributed by atoms with Crippen LogP contribution in [0.15, 0.2) is 50.8 Å². The van der Waals surface area contributed by atoms with E-state index in [-0.39, 0.29) is 34.0 Å². The molecule has 0 heterocycles. The summed E-state index contributed by atoms with van der Waals surface area (Å²) in [6, 6.07) is 6.05. The SMILES string of the molecule is CCN(CC)S(=O)(=O)c1ccc(N=NC2=C(O)C3CCCCC3C2=O)cc1. The van der Waals surface area contributed by atoms with Gasteiger partial charge in [-0.1, -0.05) is 26.7 Å². The van der Waals surface area contributed by atoms with Gasteiger partial charge in [0.1, 0.15) is 5.76 Å². The van der Waals surface area contributed by atoms with E-state index in [1.165, 1.54) is 16.4 Å². The minimum Gasteiger partial charge on any atom is -0.510 e. The van der Waals surface area contributed by atoms with Crippen LogP contribution in [0, 0.1) is 11.8 Å². The van der Waals surface area contributed by atoms with E-state index in [4.69, 9.17) is 0 Å². The molecule has 0 aromatic heterocycles. The van der Waals surface area contributed by atoms with Crippen LogP contribution in [0.3, 0.4) is 0 Å². The lowest BCUT2D eigenvalue weighted by Gasteiger charge is -2.23. The number of hydrogen-bond donors (Lipinski definition) is 1. The average Bonchev–Trinajstić information content (AvgIpc) is 2.92. The molecule has 0 bridgehead atoms. The van der Waals surface area contributed by atoms with Crippen LogP contribution in [0.25, 0.3) is 0 Å². The standard InChI is InChI=1S/C19H25N3O4S/c1-3-22(4-2)27(25,26)14-11-9-13(10-12-14)20-21-17-18(23)15-7-5-6-8-16(15)19(17)24/h9-12,15-16,23H,3-8H2,1-2H3. The predicted molar refractivity (Wildman–Crippen MR) is 101 cm³/mol. The van der Waals surface area contributed by atoms with Gasteiger partial charge in [-0.3, -0.25) is 4.79 Å². The molecule has 1 aromatic rings. The van der Waals surface area contributed by atoms with Crippen molar-refractivity contribution in [2.75, 3.05) is 13.1 Å². The molecule has 1 aromatic carbocycles. The number of ketones is 1. The van der Waals surface area contributed by atoms with Crippen molar-refractivity contribution in [2.45, 2.75) is 44.4 Å². The molecule has 0 saturated heterocycles. The Balaban J connectivity index is 1.79. The molecule has 0 spiro atoms. The van der Waals surface area contributed by atoms with Gasteiger partial charge < -0.3 is 5.11 Å². The molecular formula is C19H25N3O4S. The largest absolute Gasteiger partial charge is 0.510 e. The highest BCUT2D eigenvalue weighted by Gasteiger charge is 2.43. The zero-order valence-electron chi connectivity index (χ0n) is 15.6. The first kappa shape index (κ1) is 19.7. The Morgan fingerprint density at radius 1 is 1.04 bits per heavy atom. The van der Waals surface area contributed by atoms with Crippen LogP contribution >= 0.6 is 0 Å². The highest BCUT2D eigenvalue weighted by atomic mass is 32.2. The van der Waals surface area contributed by atoms with E-state index < -0.39 is 10.0 Å². The summed E-state index contributed by atoms with van der Waals surface area (Å²) in [5.74, 6) is -0.382. The third-order valence-corrected chi connectivity index (χ3v) is 7.44. The summed E-state index contributed by atoms with van der Waals surface area (Å²) in [5, 5.41) is 18.3. The Morgan fingerprint density at radius 3 is 2.19 bits per heavy atom. The molecule has 2 aliphatic rings. The van der Waals surface area contributed by atoms with E-state index in [1.54, 1.807) is 26.0 Å². The van der Waals surface area contributed by atoms with Gasteiger partial charge in [-0.05, 0) is 37.1 Å². The highest BCUT2D eigenvalue weighted by Crippen LogP contribution is 2.43. The van der Waals surface area contributed by atoms with Crippen molar-refractivity contribution in [3.05, 3.63) is 35.7 Å². The van der Waals surface area contributed by atoms with Gasteiger partial charge in [0.15, 0.2) is 11.5 Å². The van der Waals surface area contributed by atoms with Gasteiger partial charge in [-0.2, -0.15) is 9.42 Å². The van der Waals surface area contributed by atoms with E-state index in [2.05, 4.69) is 10.2 Å². The van der Waals surface area contributed by atoms with Crippen molar-refractivity contribution < 1.29 is 18.3 Å². The van der Waals surface area contributed by atoms with Crippen molar-refractivity contribution in [1.82, 2.24) is 4.31 Å². The zero-order valence-corrected chi connectivity index (χ0v) is 16.4. The molecule has 3 rings (SSSR count). The number of Topliss-reactive ketones (excluding diaryl/α,β-unsaturated/α-hetero) is 1. The number of aliphatic hydroxyl groups excluding tert-OH is 1. The van der Waals surface area contributed by atoms with Crippen LogP contribution in [-0.2, 0) is 14.8 Å². The minimum atomic E-state index is -3.52. The van der Waals surface area contributed by atoms with E-state index in [0.717, 1.165) is 25.7 Å². The third kappa shape index (κ3) is 3.68. The fourth-order valence-electron chi connectivity index (χ4n) is 3.86. The fraction of sp³-hybridized carbons (Fsp3) is 0.526. The van der Waals surface area contributed by atoms with Crippen LogP contribution in [0.5, 0.6) is 0 Å². The maximum atomic E-state index is 12.5. The molecule has 1 N–H and O–H groups in total. The lowest BCUT2D eigenvalue weighted by molar-refractivity contribution is -0.120. The van der Waals surface area contributed by atoms with Gasteiger partial charge in [-0.15, -0.1) is 5.11 Å². The molecule has 1 saturated carbocycles. The number of sulfonamides is 1. The van der Waals surface area contributed by atoms with Gasteiger partial charge in [0, 0.05) is 24.9 Å². The maximum Gasteiger partial charge on any atom is 0.243 e. The van der Waals surface area contributed by atoms with E-state index >= 15 is 0 Å². The molecule has 8 heteroatoms. The number of benzene rings is 1. The van der Waals surface area contributed by atoms with Crippen LogP contribution in [0.4, 0.5) is 5.69 Å². The van der Waals surface area contributed by atoms with Gasteiger partial charge in [0.25, 0.3) is 0 Å². The number of hydrogen-bond acceptors (Lipinski definition) is 6. The smallest absolute Gasteiger partial charge is 0.243 e. The van der Waals surface area contributed by atoms with Gasteiger partial charge in [0.2, 0.25) is 10.0 Å². The van der Waals surface area contributed by atoms with E-state index in [9.17, 15) is 18.3 Å². The second kappa shape index (κ2) is 7.90. The number of fused-ring (bicyclic) bond motifs is 1. The molecule has 0 aliphatic heterocycles. The number of carbonyl (C=O) groups is 1. The van der Waals surface area contributed by atoms with Crippen LogP contribution in [-0.4, -0.2) is 36.7 Å². The number of allylic oxidation sites excluding steroid dienone is 2. The second-order valence-electron chi connectivity index (χ2n) is 6.88. The minimum absolute atomic E-state index is 0.0479. The fourth-order valence-corrected chi connectivity index (χ4v) is 5.31. The molecule has 146 valence electrons. The van der Waals surface area contributed by atoms with Crippen molar-refractivity contribution >= 4 is 21.5 Å². The van der Waals surface area contributed by atoms with Gasteiger partial charge >= 0.3 is 0 Å². The molecule has 1 fully saturated rings. The van der Waals surface area contributed by atoms with Crippen LogP contribution in [0.1, 0.15) is 39.5 Å². The van der Waals surface area contributed by atoms with E-state index in [1.807, 2.05) is 0 Å². The van der Waals surface area contributed by atoms with Gasteiger partial charge in [0.05, 0.1) is 10.6 Å². The van der Waals surface area contributed by atoms with Gasteiger partial charge in [-0.25, -0.2) is 8.42 Å². The first-order valence-corrected chi connectivity index (χ1v) is 10.8. The first-order chi connectivity index (χ1) is 12.9. The summed E-state index contributed by atoms with van der Waals surface area (Å²) < 4.78 is 26.4. The summed E-state index contributed by atoms with van der Waals surface area (Å²) in [5.41, 5.74) is 0.475. The highest BCUT2D eigenvalue weighted by molar-refractivity contribution is 7.89. The molecule has 0 radical (unpaired) electrons. The summed E-state index contributed by atoms with van der Waals surface area (Å²) in [6.07, 6.45) is 3.59. The number of nitrogens with zero attached hydrogens (tertiary/aromatic N) is 3. The molecule has 2 aliphatic carbocycles. The summed E-state index contributed by atoms with van der Waals surface area (Å²) >= 11 is 0. The van der Waals surface area contributed by atoms with Crippen molar-refractivity contribution in [3.8, 4) is 0 Å². The number of rotatable bonds is 6. The molecule has 2 atom stereocenters. The Labute approximate surface area is 159 Å². The Kier molecular flexibility index (Phi) is 5.76. The second-order valence-corrected chi connectivity index (χ2v) is 8.82. The number of azo groups is 1. The normalized spacial score (nSPS) is 23.4. The topological polar surface area (TPSA) is 99.4 Å². The van der Waals surface area contributed by atoms with Crippen LogP contribution < -0.4 is 0 Å². The van der Waals surface area contributed by atoms with Crippen molar-refractivity contribution in [2.24, 2.45) is 22.1 Å². The van der Waals surface area contributed by atoms with Crippen molar-refractivity contribution in [3.63, 3.8) is 0 Å². The molecule has 7 nitrogen and oxygen atoms in total. The molecular weight excluding hydrogens is 366 g/mol. The Morgan fingerprint density at radius 2 is 1.63 bits per heavy atom. The average molecular weight is 391 g/mol. The molecule has 2 unspecified atom stereocenters. The summed E-state index contributed by atoms with van der Waals surface area (Å²) in [6.45, 7) is 4.39. The zero-order chi connectivity index (χ0) is 19.6. The van der Waals surface area contributed by atoms with Crippen molar-refractivity contribution in [1.29, 1.82) is 0 Å². The first-order valence-electron chi connectivity index (χ1n) is 9.39. The lowest BCUT2D eigenvalue weighted by Crippen LogP contribution is -2.30. The molecule has 27 heavy (non-hydrogen) atoms. The Bertz CT molecular complexity index is 871. The summed E-state index contributed by atoms with van der Waals surface area (Å²) in [4.78, 5) is 12.6. The Hall–Kier alpha value is -2.06. The lowest BCUT2D eigenvalue weighted by atomic mass is 9.80. The third-order valence-electron chi connectivity index (χ3n) is 5.38. The molecule has 0 amide bonds. The number of aliphatic hydroxyl groups is 1. The van der Waals surface area contributed by atoms with E-state index in [0.29, 0.717) is 18.8 Å². The number of carbonyl (C=O) groups excluding carboxylic acids is 1.